The molecule has 1 aliphatic rings. The van der Waals surface area contributed by atoms with Gasteiger partial charge in [-0.2, -0.15) is 0 Å². The van der Waals surface area contributed by atoms with Gasteiger partial charge >= 0.3 is 0 Å². The van der Waals surface area contributed by atoms with E-state index in [9.17, 15) is 4.79 Å². The first-order chi connectivity index (χ1) is 9.85. The average Bonchev–Trinajstić information content (AvgIpc) is 2.46. The molecule has 0 unspecified atom stereocenters. The molecular formula is C17H25ClN2O. The molecule has 0 bridgehead atoms. The summed E-state index contributed by atoms with van der Waals surface area (Å²) in [5, 5.41) is 3.77. The van der Waals surface area contributed by atoms with Crippen LogP contribution in [0.15, 0.2) is 24.3 Å². The van der Waals surface area contributed by atoms with Crippen LogP contribution in [0.5, 0.6) is 0 Å². The molecule has 0 aliphatic heterocycles. The number of amides is 1. The predicted octanol–water partition coefficient (Wildman–Crippen LogP) is 3.40. The third-order valence-corrected chi connectivity index (χ3v) is 4.82. The van der Waals surface area contributed by atoms with E-state index in [0.717, 1.165) is 36.3 Å². The van der Waals surface area contributed by atoms with Crippen LogP contribution in [0.25, 0.3) is 0 Å². The van der Waals surface area contributed by atoms with Crippen LogP contribution in [-0.4, -0.2) is 18.0 Å². The highest BCUT2D eigenvalue weighted by molar-refractivity contribution is 6.31. The van der Waals surface area contributed by atoms with Crippen LogP contribution < -0.4 is 11.1 Å². The quantitative estimate of drug-likeness (QED) is 0.895. The van der Waals surface area contributed by atoms with E-state index in [4.69, 9.17) is 17.3 Å². The van der Waals surface area contributed by atoms with Crippen LogP contribution >= 0.6 is 11.6 Å². The molecule has 1 amide bonds. The van der Waals surface area contributed by atoms with Gasteiger partial charge in [0.25, 0.3) is 0 Å². The summed E-state index contributed by atoms with van der Waals surface area (Å²) in [6.45, 7) is 4.70. The molecule has 4 heteroatoms. The Kier molecular flexibility index (Phi) is 4.95. The summed E-state index contributed by atoms with van der Waals surface area (Å²) in [6.07, 6.45) is 4.82. The highest BCUT2D eigenvalue weighted by atomic mass is 35.5. The molecule has 116 valence electrons. The molecule has 21 heavy (non-hydrogen) atoms. The first-order valence-corrected chi connectivity index (χ1v) is 8.05. The molecule has 1 aromatic rings. The molecule has 0 saturated heterocycles. The number of hydrogen-bond donors (Lipinski definition) is 2. The van der Waals surface area contributed by atoms with Gasteiger partial charge in [0, 0.05) is 17.0 Å². The minimum absolute atomic E-state index is 0.0256. The normalized spacial score (nSPS) is 18.3. The minimum Gasteiger partial charge on any atom is -0.354 e. The molecule has 1 aromatic carbocycles. The largest absolute Gasteiger partial charge is 0.354 e. The maximum atomic E-state index is 12.4. The predicted molar refractivity (Wildman–Crippen MR) is 87.5 cm³/mol. The maximum Gasteiger partial charge on any atom is 0.240 e. The summed E-state index contributed by atoms with van der Waals surface area (Å²) >= 11 is 6.26. The molecule has 0 spiro atoms. The zero-order valence-corrected chi connectivity index (χ0v) is 13.7. The van der Waals surface area contributed by atoms with Crippen molar-refractivity contribution in [3.63, 3.8) is 0 Å². The van der Waals surface area contributed by atoms with Gasteiger partial charge in [-0.25, -0.2) is 0 Å². The molecule has 1 fully saturated rings. The zero-order chi connectivity index (χ0) is 15.5. The maximum absolute atomic E-state index is 12.4. The molecule has 1 aliphatic carbocycles. The Bertz CT molecular complexity index is 507. The van der Waals surface area contributed by atoms with Gasteiger partial charge in [0.05, 0.1) is 5.54 Å². The second-order valence-corrected chi connectivity index (χ2v) is 7.17. The van der Waals surface area contributed by atoms with E-state index in [1.54, 1.807) is 0 Å². The Labute approximate surface area is 132 Å². The van der Waals surface area contributed by atoms with E-state index in [-0.39, 0.29) is 11.3 Å². The number of halogens is 1. The van der Waals surface area contributed by atoms with Gasteiger partial charge in [0.15, 0.2) is 0 Å². The Morgan fingerprint density at radius 2 is 1.90 bits per heavy atom. The molecule has 0 radical (unpaired) electrons. The fourth-order valence-electron chi connectivity index (χ4n) is 2.99. The first kappa shape index (κ1) is 16.3. The number of hydrogen-bond acceptors (Lipinski definition) is 2. The van der Waals surface area contributed by atoms with Gasteiger partial charge in [-0.1, -0.05) is 62.9 Å². The Morgan fingerprint density at radius 3 is 2.52 bits per heavy atom. The minimum atomic E-state index is -0.686. The lowest BCUT2D eigenvalue weighted by Crippen LogP contribution is -2.56. The first-order valence-electron chi connectivity index (χ1n) is 7.67. The lowest BCUT2D eigenvalue weighted by molar-refractivity contribution is -0.127. The highest BCUT2D eigenvalue weighted by Gasteiger charge is 2.36. The highest BCUT2D eigenvalue weighted by Crippen LogP contribution is 2.30. The number of carbonyl (C=O) groups is 1. The summed E-state index contributed by atoms with van der Waals surface area (Å²) in [5.74, 6) is -0.0256. The van der Waals surface area contributed by atoms with E-state index in [0.29, 0.717) is 6.54 Å². The van der Waals surface area contributed by atoms with Crippen molar-refractivity contribution in [2.75, 3.05) is 6.54 Å². The van der Waals surface area contributed by atoms with Crippen molar-refractivity contribution in [3.05, 3.63) is 34.9 Å². The molecule has 0 heterocycles. The lowest BCUT2D eigenvalue weighted by Gasteiger charge is -2.34. The number of carbonyl (C=O) groups excluding carboxylic acids is 1. The summed E-state index contributed by atoms with van der Waals surface area (Å²) in [4.78, 5) is 12.4. The lowest BCUT2D eigenvalue weighted by atomic mass is 9.80. The van der Waals surface area contributed by atoms with Crippen LogP contribution in [0.4, 0.5) is 0 Å². The second kappa shape index (κ2) is 6.37. The molecule has 0 atom stereocenters. The van der Waals surface area contributed by atoms with Crippen molar-refractivity contribution < 1.29 is 4.79 Å². The second-order valence-electron chi connectivity index (χ2n) is 6.76. The van der Waals surface area contributed by atoms with Crippen molar-refractivity contribution >= 4 is 17.5 Å². The summed E-state index contributed by atoms with van der Waals surface area (Å²) in [5.41, 5.74) is 6.40. The third-order valence-electron chi connectivity index (χ3n) is 4.49. The van der Waals surface area contributed by atoms with Gasteiger partial charge in [0.2, 0.25) is 5.91 Å². The summed E-state index contributed by atoms with van der Waals surface area (Å²) in [6, 6.07) is 7.77. The summed E-state index contributed by atoms with van der Waals surface area (Å²) < 4.78 is 0. The summed E-state index contributed by atoms with van der Waals surface area (Å²) in [7, 11) is 0. The number of benzene rings is 1. The zero-order valence-electron chi connectivity index (χ0n) is 12.9. The van der Waals surface area contributed by atoms with Gasteiger partial charge in [-0.15, -0.1) is 0 Å². The van der Waals surface area contributed by atoms with E-state index in [1.165, 1.54) is 6.42 Å². The number of nitrogens with one attached hydrogen (secondary N) is 1. The van der Waals surface area contributed by atoms with Crippen LogP contribution in [0.1, 0.15) is 51.5 Å². The van der Waals surface area contributed by atoms with Crippen molar-refractivity contribution in [2.45, 2.75) is 56.9 Å². The molecule has 2 rings (SSSR count). The van der Waals surface area contributed by atoms with E-state index in [2.05, 4.69) is 19.2 Å². The monoisotopic (exact) mass is 308 g/mol. The molecule has 1 saturated carbocycles. The molecule has 3 nitrogen and oxygen atoms in total. The standard InChI is InChI=1S/C17H25ClN2O/c1-16(2,13-8-4-5-9-14(13)18)12-20-15(21)17(19)10-6-3-7-11-17/h4-5,8-9H,3,6-7,10-12,19H2,1-2H3,(H,20,21). The smallest absolute Gasteiger partial charge is 0.240 e. The van der Waals surface area contributed by atoms with Crippen LogP contribution in [0.3, 0.4) is 0 Å². The van der Waals surface area contributed by atoms with E-state index >= 15 is 0 Å². The topological polar surface area (TPSA) is 55.1 Å². The Morgan fingerprint density at radius 1 is 1.29 bits per heavy atom. The molecule has 0 aromatic heterocycles. The molecular weight excluding hydrogens is 284 g/mol. The average molecular weight is 309 g/mol. The van der Waals surface area contributed by atoms with E-state index < -0.39 is 5.54 Å². The van der Waals surface area contributed by atoms with Gasteiger partial charge < -0.3 is 11.1 Å². The third kappa shape index (κ3) is 3.78. The van der Waals surface area contributed by atoms with Crippen LogP contribution in [-0.2, 0) is 10.2 Å². The SMILES string of the molecule is CC(C)(CNC(=O)C1(N)CCCCC1)c1ccccc1Cl. The van der Waals surface area contributed by atoms with Crippen molar-refractivity contribution in [2.24, 2.45) is 5.73 Å². The van der Waals surface area contributed by atoms with E-state index in [1.807, 2.05) is 24.3 Å². The van der Waals surface area contributed by atoms with Crippen molar-refractivity contribution in [1.82, 2.24) is 5.32 Å². The van der Waals surface area contributed by atoms with Crippen molar-refractivity contribution in [1.29, 1.82) is 0 Å². The van der Waals surface area contributed by atoms with Crippen molar-refractivity contribution in [3.8, 4) is 0 Å². The fraction of sp³-hybridized carbons (Fsp3) is 0.588. The Hall–Kier alpha value is -1.06. The fourth-order valence-corrected chi connectivity index (χ4v) is 3.38. The number of rotatable bonds is 4. The molecule has 3 N–H and O–H groups in total. The van der Waals surface area contributed by atoms with Crippen LogP contribution in [0, 0.1) is 0 Å². The Balaban J connectivity index is 2.01. The van der Waals surface area contributed by atoms with Gasteiger partial charge in [-0.05, 0) is 24.5 Å². The van der Waals surface area contributed by atoms with Crippen LogP contribution in [0.2, 0.25) is 5.02 Å². The van der Waals surface area contributed by atoms with Gasteiger partial charge in [0.1, 0.15) is 0 Å². The van der Waals surface area contributed by atoms with Gasteiger partial charge in [-0.3, -0.25) is 4.79 Å². The number of nitrogens with two attached hydrogens (primary N) is 1.